The van der Waals surface area contributed by atoms with Crippen LogP contribution in [0.2, 0.25) is 0 Å². The molecule has 0 spiro atoms. The van der Waals surface area contributed by atoms with Crippen molar-refractivity contribution in [3.63, 3.8) is 0 Å². The molecule has 0 aromatic carbocycles. The Hall–Kier alpha value is -0.530. The maximum Gasteiger partial charge on any atom is 0.135 e. The largest absolute Gasteiger partial charge is 0.321 e. The van der Waals surface area contributed by atoms with Crippen molar-refractivity contribution in [2.45, 2.75) is 33.6 Å². The first-order valence-electron chi connectivity index (χ1n) is 4.43. The second-order valence-corrected chi connectivity index (χ2v) is 4.34. The number of rotatable bonds is 5. The van der Waals surface area contributed by atoms with Gasteiger partial charge in [0.25, 0.3) is 0 Å². The van der Waals surface area contributed by atoms with Crippen LogP contribution in [-0.2, 0) is 0 Å². The first kappa shape index (κ1) is 12.5. The molecule has 1 atom stereocenters. The average Bonchev–Trinajstić information content (AvgIpc) is 1.82. The molecule has 0 bridgehead atoms. The van der Waals surface area contributed by atoms with Crippen LogP contribution in [0.4, 0.5) is 0 Å². The van der Waals surface area contributed by atoms with E-state index in [9.17, 15) is 0 Å². The molecule has 0 saturated heterocycles. The highest BCUT2D eigenvalue weighted by molar-refractivity contribution is 6.60. The molecule has 0 fully saturated rings. The van der Waals surface area contributed by atoms with E-state index in [1.165, 1.54) is 0 Å². The summed E-state index contributed by atoms with van der Waals surface area (Å²) in [5.74, 6) is 0.302. The molecule has 4 radical (unpaired) electrons. The van der Waals surface area contributed by atoms with E-state index in [2.05, 4.69) is 0 Å². The van der Waals surface area contributed by atoms with Crippen molar-refractivity contribution in [2.24, 2.45) is 11.3 Å². The van der Waals surface area contributed by atoms with Gasteiger partial charge >= 0.3 is 0 Å². The van der Waals surface area contributed by atoms with Crippen LogP contribution < -0.4 is 0 Å². The number of hydrogen-bond donors (Lipinski definition) is 2. The fourth-order valence-corrected chi connectivity index (χ4v) is 1.43. The molecule has 2 N–H and O–H groups in total. The molecule has 0 heterocycles. The Morgan fingerprint density at radius 1 is 1.31 bits per heavy atom. The lowest BCUT2D eigenvalue weighted by Crippen LogP contribution is -2.26. The van der Waals surface area contributed by atoms with Gasteiger partial charge in [-0.1, -0.05) is 20.8 Å². The highest BCUT2D eigenvalue weighted by atomic mass is 14.4. The minimum absolute atomic E-state index is 0.197. The average molecular weight is 174 g/mol. The molecule has 0 aromatic rings. The van der Waals surface area contributed by atoms with Crippen LogP contribution in [0.5, 0.6) is 0 Å². The highest BCUT2D eigenvalue weighted by Gasteiger charge is 2.22. The van der Waals surface area contributed by atoms with Crippen LogP contribution in [0.1, 0.15) is 33.6 Å². The third-order valence-electron chi connectivity index (χ3n) is 2.16. The Morgan fingerprint density at radius 2 is 1.77 bits per heavy atom. The van der Waals surface area contributed by atoms with Gasteiger partial charge in [-0.3, -0.25) is 0 Å². The Balaban J connectivity index is 4.11. The molecule has 4 heteroatoms. The molecule has 0 aliphatic heterocycles. The topological polar surface area (TPSA) is 47.7 Å². The summed E-state index contributed by atoms with van der Waals surface area (Å²) in [6, 6.07) is 0. The maximum atomic E-state index is 7.37. The van der Waals surface area contributed by atoms with Gasteiger partial charge in [0.15, 0.2) is 0 Å². The predicted molar refractivity (Wildman–Crippen MR) is 59.1 cm³/mol. The van der Waals surface area contributed by atoms with E-state index in [4.69, 9.17) is 26.5 Å². The molecule has 2 nitrogen and oxygen atoms in total. The van der Waals surface area contributed by atoms with Crippen LogP contribution in [0.3, 0.4) is 0 Å². The van der Waals surface area contributed by atoms with Gasteiger partial charge in [-0.15, -0.1) is 0 Å². The van der Waals surface area contributed by atoms with Gasteiger partial charge in [0.1, 0.15) is 15.7 Å². The Labute approximate surface area is 83.3 Å². The van der Waals surface area contributed by atoms with Crippen molar-refractivity contribution >= 4 is 26.9 Å². The number of nitrogens with one attached hydrogen (secondary N) is 2. The molecule has 68 valence electrons. The maximum absolute atomic E-state index is 7.37. The lowest BCUT2D eigenvalue weighted by atomic mass is 9.70. The standard InChI is InChI=1S/C9H16B2N2/c1-6(4-7(10)12)5-9(2,3)8(11)13/h6,12-13H,4-5H2,1-3H3. The molecule has 0 amide bonds. The summed E-state index contributed by atoms with van der Waals surface area (Å²) in [6.07, 6.45) is 1.37. The summed E-state index contributed by atoms with van der Waals surface area (Å²) in [4.78, 5) is 0. The van der Waals surface area contributed by atoms with Crippen molar-refractivity contribution in [1.29, 1.82) is 10.8 Å². The Morgan fingerprint density at radius 3 is 2.08 bits per heavy atom. The zero-order valence-electron chi connectivity index (χ0n) is 8.65. The zero-order chi connectivity index (χ0) is 10.6. The summed E-state index contributed by atoms with van der Waals surface area (Å²) >= 11 is 0. The van der Waals surface area contributed by atoms with E-state index in [1.54, 1.807) is 0 Å². The smallest absolute Gasteiger partial charge is 0.135 e. The molecule has 0 aromatic heterocycles. The van der Waals surface area contributed by atoms with E-state index >= 15 is 0 Å². The molecule has 0 rings (SSSR count). The van der Waals surface area contributed by atoms with Crippen molar-refractivity contribution in [1.82, 2.24) is 0 Å². The third kappa shape index (κ3) is 4.91. The molecular formula is C9H16B2N2. The van der Waals surface area contributed by atoms with Crippen LogP contribution in [-0.4, -0.2) is 26.9 Å². The van der Waals surface area contributed by atoms with Crippen molar-refractivity contribution in [2.75, 3.05) is 0 Å². The van der Waals surface area contributed by atoms with E-state index < -0.39 is 0 Å². The SMILES string of the molecule is [B]C(=N)CC(C)CC(C)(C)C([B])=N. The summed E-state index contributed by atoms with van der Waals surface area (Å²) in [6.45, 7) is 5.89. The number of hydrogen-bond acceptors (Lipinski definition) is 2. The quantitative estimate of drug-likeness (QED) is 0.470. The molecule has 0 aliphatic carbocycles. The molecule has 0 aliphatic rings. The van der Waals surface area contributed by atoms with Crippen molar-refractivity contribution in [3.8, 4) is 0 Å². The lowest BCUT2D eigenvalue weighted by Gasteiger charge is -2.27. The third-order valence-corrected chi connectivity index (χ3v) is 2.16. The monoisotopic (exact) mass is 174 g/mol. The van der Waals surface area contributed by atoms with E-state index in [-0.39, 0.29) is 16.6 Å². The lowest BCUT2D eigenvalue weighted by molar-refractivity contribution is 0.385. The van der Waals surface area contributed by atoms with Gasteiger partial charge in [0.2, 0.25) is 0 Å². The minimum Gasteiger partial charge on any atom is -0.321 e. The summed E-state index contributed by atoms with van der Waals surface area (Å²) in [5, 5.41) is 14.5. The molecule has 13 heavy (non-hydrogen) atoms. The van der Waals surface area contributed by atoms with Gasteiger partial charge in [-0.25, -0.2) is 0 Å². The predicted octanol–water partition coefficient (Wildman–Crippen LogP) is 1.72. The van der Waals surface area contributed by atoms with Crippen LogP contribution in [0.25, 0.3) is 0 Å². The van der Waals surface area contributed by atoms with Gasteiger partial charge in [0, 0.05) is 0 Å². The van der Waals surface area contributed by atoms with E-state index in [0.29, 0.717) is 12.3 Å². The summed E-state index contributed by atoms with van der Waals surface area (Å²) in [5.41, 5.74) is 0.115. The molecule has 0 saturated carbocycles. The second-order valence-electron chi connectivity index (χ2n) is 4.34. The minimum atomic E-state index is -0.283. The summed E-state index contributed by atoms with van der Waals surface area (Å²) in [7, 11) is 10.7. The van der Waals surface area contributed by atoms with Gasteiger partial charge < -0.3 is 10.8 Å². The highest BCUT2D eigenvalue weighted by Crippen LogP contribution is 2.27. The first-order chi connectivity index (χ1) is 5.75. The fourth-order valence-electron chi connectivity index (χ4n) is 1.43. The molecule has 1 unspecified atom stereocenters. The van der Waals surface area contributed by atoms with E-state index in [1.807, 2.05) is 20.8 Å². The van der Waals surface area contributed by atoms with Crippen LogP contribution >= 0.6 is 0 Å². The Kier molecular flexibility index (Phi) is 4.45. The summed E-state index contributed by atoms with van der Waals surface area (Å²) < 4.78 is 0. The first-order valence-corrected chi connectivity index (χ1v) is 4.43. The van der Waals surface area contributed by atoms with E-state index in [0.717, 1.165) is 6.42 Å². The van der Waals surface area contributed by atoms with Gasteiger partial charge in [-0.2, -0.15) is 0 Å². The fraction of sp³-hybridized carbons (Fsp3) is 0.778. The zero-order valence-corrected chi connectivity index (χ0v) is 8.65. The Bertz CT molecular complexity index is 212. The van der Waals surface area contributed by atoms with Gasteiger partial charge in [0.05, 0.1) is 0 Å². The van der Waals surface area contributed by atoms with Crippen molar-refractivity contribution < 1.29 is 0 Å². The normalized spacial score (nSPS) is 13.8. The van der Waals surface area contributed by atoms with Gasteiger partial charge in [-0.05, 0) is 35.4 Å². The second kappa shape index (κ2) is 4.64. The van der Waals surface area contributed by atoms with Crippen LogP contribution in [0.15, 0.2) is 0 Å². The van der Waals surface area contributed by atoms with Crippen molar-refractivity contribution in [3.05, 3.63) is 0 Å². The van der Waals surface area contributed by atoms with Crippen LogP contribution in [0, 0.1) is 22.2 Å². The molecular weight excluding hydrogens is 158 g/mol.